The summed E-state index contributed by atoms with van der Waals surface area (Å²) in [4.78, 5) is 23.9. The first kappa shape index (κ1) is 20.3. The fraction of sp³-hybridized carbons (Fsp3) is 0.500. The van der Waals surface area contributed by atoms with Crippen LogP contribution in [0.3, 0.4) is 0 Å². The van der Waals surface area contributed by atoms with E-state index in [0.29, 0.717) is 4.90 Å². The van der Waals surface area contributed by atoms with Crippen molar-refractivity contribution in [3.63, 3.8) is 0 Å². The van der Waals surface area contributed by atoms with Crippen molar-refractivity contribution >= 4 is 23.6 Å². The van der Waals surface area contributed by atoms with Gasteiger partial charge in [0.1, 0.15) is 6.04 Å². The van der Waals surface area contributed by atoms with E-state index in [-0.39, 0.29) is 17.6 Å². The Kier molecular flexibility index (Phi) is 6.71. The van der Waals surface area contributed by atoms with Gasteiger partial charge in [0.15, 0.2) is 0 Å². The highest BCUT2D eigenvalue weighted by Gasteiger charge is 2.30. The average molecular weight is 362 g/mol. The molecular weight excluding hydrogens is 341 g/mol. The molecule has 4 nitrogen and oxygen atoms in total. The lowest BCUT2D eigenvalue weighted by atomic mass is 10.1. The molecule has 2 amide bonds. The standard InChI is InChI=1S/C16H21F3N2O2S/c1-10(22)20-13(14(23)21-15(2,3)4)9-24-12-7-5-6-11(8-12)16(17,18)19/h5-8,13H,9H2,1-4H3,(H,20,22)(H,21,23). The van der Waals surface area contributed by atoms with Crippen molar-refractivity contribution < 1.29 is 22.8 Å². The van der Waals surface area contributed by atoms with Gasteiger partial charge in [0.25, 0.3) is 0 Å². The first-order valence-electron chi connectivity index (χ1n) is 7.27. The molecule has 0 aliphatic heterocycles. The van der Waals surface area contributed by atoms with Crippen LogP contribution in [0.25, 0.3) is 0 Å². The molecule has 134 valence electrons. The third-order valence-corrected chi connectivity index (χ3v) is 3.86. The van der Waals surface area contributed by atoms with Crippen LogP contribution in [0, 0.1) is 0 Å². The third-order valence-electron chi connectivity index (χ3n) is 2.77. The Morgan fingerprint density at radius 3 is 2.33 bits per heavy atom. The molecular formula is C16H21F3N2O2S. The molecule has 0 radical (unpaired) electrons. The van der Waals surface area contributed by atoms with E-state index in [1.54, 1.807) is 20.8 Å². The van der Waals surface area contributed by atoms with Crippen molar-refractivity contribution in [2.45, 2.75) is 50.3 Å². The van der Waals surface area contributed by atoms with E-state index in [1.807, 2.05) is 0 Å². The third kappa shape index (κ3) is 7.25. The quantitative estimate of drug-likeness (QED) is 0.791. The molecule has 0 spiro atoms. The fourth-order valence-electron chi connectivity index (χ4n) is 1.83. The molecule has 0 aliphatic rings. The molecule has 1 aromatic carbocycles. The van der Waals surface area contributed by atoms with Crippen LogP contribution < -0.4 is 10.6 Å². The number of benzene rings is 1. The highest BCUT2D eigenvalue weighted by atomic mass is 32.2. The summed E-state index contributed by atoms with van der Waals surface area (Å²) >= 11 is 1.08. The molecule has 0 heterocycles. The number of rotatable bonds is 5. The van der Waals surface area contributed by atoms with E-state index in [2.05, 4.69) is 10.6 Å². The Morgan fingerprint density at radius 1 is 1.21 bits per heavy atom. The van der Waals surface area contributed by atoms with E-state index in [1.165, 1.54) is 19.1 Å². The minimum Gasteiger partial charge on any atom is -0.350 e. The summed E-state index contributed by atoms with van der Waals surface area (Å²) < 4.78 is 38.2. The smallest absolute Gasteiger partial charge is 0.350 e. The maximum absolute atomic E-state index is 12.7. The van der Waals surface area contributed by atoms with Crippen LogP contribution >= 0.6 is 11.8 Å². The number of halogens is 3. The fourth-order valence-corrected chi connectivity index (χ4v) is 2.81. The van der Waals surface area contributed by atoms with E-state index in [9.17, 15) is 22.8 Å². The number of hydrogen-bond acceptors (Lipinski definition) is 3. The molecule has 0 saturated heterocycles. The highest BCUT2D eigenvalue weighted by Crippen LogP contribution is 2.32. The average Bonchev–Trinajstić information content (AvgIpc) is 2.40. The molecule has 0 aliphatic carbocycles. The number of amides is 2. The van der Waals surface area contributed by atoms with Gasteiger partial charge in [0.2, 0.25) is 11.8 Å². The molecule has 1 atom stereocenters. The van der Waals surface area contributed by atoms with E-state index in [4.69, 9.17) is 0 Å². The molecule has 1 unspecified atom stereocenters. The Labute approximate surface area is 143 Å². The maximum Gasteiger partial charge on any atom is 0.416 e. The molecule has 0 saturated carbocycles. The Bertz CT molecular complexity index is 598. The largest absolute Gasteiger partial charge is 0.416 e. The Balaban J connectivity index is 2.81. The van der Waals surface area contributed by atoms with Crippen molar-refractivity contribution in [3.05, 3.63) is 29.8 Å². The van der Waals surface area contributed by atoms with Crippen molar-refractivity contribution in [2.24, 2.45) is 0 Å². The zero-order valence-electron chi connectivity index (χ0n) is 14.0. The maximum atomic E-state index is 12.7. The van der Waals surface area contributed by atoms with E-state index < -0.39 is 23.3 Å². The second-order valence-electron chi connectivity index (χ2n) is 6.33. The van der Waals surface area contributed by atoms with Crippen LogP contribution in [0.1, 0.15) is 33.3 Å². The zero-order valence-corrected chi connectivity index (χ0v) is 14.8. The van der Waals surface area contributed by atoms with Gasteiger partial charge in [-0.1, -0.05) is 6.07 Å². The summed E-state index contributed by atoms with van der Waals surface area (Å²) in [6.07, 6.45) is -4.42. The number of carbonyl (C=O) groups excluding carboxylic acids is 2. The minimum atomic E-state index is -4.42. The Hall–Kier alpha value is -1.70. The van der Waals surface area contributed by atoms with Gasteiger partial charge in [-0.3, -0.25) is 9.59 Å². The summed E-state index contributed by atoms with van der Waals surface area (Å²) in [6, 6.07) is 4.03. The topological polar surface area (TPSA) is 58.2 Å². The van der Waals surface area contributed by atoms with Crippen molar-refractivity contribution in [1.82, 2.24) is 10.6 Å². The molecule has 0 fully saturated rings. The van der Waals surface area contributed by atoms with Crippen molar-refractivity contribution in [2.75, 3.05) is 5.75 Å². The van der Waals surface area contributed by atoms with Crippen LogP contribution in [0.4, 0.5) is 13.2 Å². The minimum absolute atomic E-state index is 0.128. The van der Waals surface area contributed by atoms with Crippen LogP contribution in [0.2, 0.25) is 0 Å². The number of hydrogen-bond donors (Lipinski definition) is 2. The number of alkyl halides is 3. The monoisotopic (exact) mass is 362 g/mol. The van der Waals surface area contributed by atoms with Crippen LogP contribution in [-0.4, -0.2) is 29.1 Å². The Morgan fingerprint density at radius 2 is 1.83 bits per heavy atom. The lowest BCUT2D eigenvalue weighted by molar-refractivity contribution is -0.137. The van der Waals surface area contributed by atoms with Gasteiger partial charge in [-0.05, 0) is 39.0 Å². The lowest BCUT2D eigenvalue weighted by Gasteiger charge is -2.25. The highest BCUT2D eigenvalue weighted by molar-refractivity contribution is 7.99. The van der Waals surface area contributed by atoms with Gasteiger partial charge < -0.3 is 10.6 Å². The van der Waals surface area contributed by atoms with Crippen LogP contribution in [0.5, 0.6) is 0 Å². The summed E-state index contributed by atoms with van der Waals surface area (Å²) in [6.45, 7) is 6.69. The van der Waals surface area contributed by atoms with Gasteiger partial charge in [0.05, 0.1) is 5.56 Å². The summed E-state index contributed by atoms with van der Waals surface area (Å²) in [5, 5.41) is 5.27. The van der Waals surface area contributed by atoms with E-state index >= 15 is 0 Å². The molecule has 1 aromatic rings. The van der Waals surface area contributed by atoms with Gasteiger partial charge in [0, 0.05) is 23.1 Å². The summed E-state index contributed by atoms with van der Waals surface area (Å²) in [5.41, 5.74) is -1.22. The number of carbonyl (C=O) groups is 2. The zero-order chi connectivity index (χ0) is 18.5. The first-order chi connectivity index (χ1) is 10.9. The SMILES string of the molecule is CC(=O)NC(CSc1cccc(C(F)(F)F)c1)C(=O)NC(C)(C)C. The summed E-state index contributed by atoms with van der Waals surface area (Å²) in [7, 11) is 0. The van der Waals surface area contributed by atoms with Crippen molar-refractivity contribution in [1.29, 1.82) is 0 Å². The molecule has 8 heteroatoms. The molecule has 1 rings (SSSR count). The van der Waals surface area contributed by atoms with Crippen LogP contribution in [0.15, 0.2) is 29.2 Å². The van der Waals surface area contributed by atoms with Crippen molar-refractivity contribution in [3.8, 4) is 0 Å². The van der Waals surface area contributed by atoms with Gasteiger partial charge in [-0.2, -0.15) is 13.2 Å². The normalized spacial score (nSPS) is 13.3. The summed E-state index contributed by atoms with van der Waals surface area (Å²) in [5.74, 6) is -0.631. The second kappa shape index (κ2) is 7.92. The predicted octanol–water partition coefficient (Wildman–Crippen LogP) is 3.22. The molecule has 2 N–H and O–H groups in total. The molecule has 0 bridgehead atoms. The van der Waals surface area contributed by atoms with Crippen LogP contribution in [-0.2, 0) is 15.8 Å². The van der Waals surface area contributed by atoms with Gasteiger partial charge in [-0.15, -0.1) is 11.8 Å². The number of thioether (sulfide) groups is 1. The van der Waals surface area contributed by atoms with Gasteiger partial charge >= 0.3 is 6.18 Å². The molecule has 24 heavy (non-hydrogen) atoms. The lowest BCUT2D eigenvalue weighted by Crippen LogP contribution is -2.52. The first-order valence-corrected chi connectivity index (χ1v) is 8.26. The number of nitrogens with one attached hydrogen (secondary N) is 2. The van der Waals surface area contributed by atoms with Gasteiger partial charge in [-0.25, -0.2) is 0 Å². The second-order valence-corrected chi connectivity index (χ2v) is 7.42. The van der Waals surface area contributed by atoms with E-state index in [0.717, 1.165) is 23.9 Å². The predicted molar refractivity (Wildman–Crippen MR) is 87.7 cm³/mol. The molecule has 0 aromatic heterocycles.